The lowest BCUT2D eigenvalue weighted by Gasteiger charge is -2.08. The largest absolute Gasteiger partial charge is 0.416 e. The van der Waals surface area contributed by atoms with Gasteiger partial charge in [-0.1, -0.05) is 31.5 Å². The van der Waals surface area contributed by atoms with Gasteiger partial charge in [0.05, 0.1) is 28.9 Å². The molecule has 2 aromatic heterocycles. The third-order valence-electron chi connectivity index (χ3n) is 5.61. The van der Waals surface area contributed by atoms with Crippen LogP contribution in [0.5, 0.6) is 0 Å². The van der Waals surface area contributed by atoms with Gasteiger partial charge in [0.15, 0.2) is 0 Å². The van der Waals surface area contributed by atoms with Crippen LogP contribution in [0.25, 0.3) is 22.2 Å². The fraction of sp³-hybridized carbons (Fsp3) is 0.231. The molecule has 0 saturated carbocycles. The van der Waals surface area contributed by atoms with Gasteiger partial charge in [0.2, 0.25) is 0 Å². The van der Waals surface area contributed by atoms with Crippen molar-refractivity contribution < 1.29 is 13.2 Å². The van der Waals surface area contributed by atoms with Crippen LogP contribution in [0, 0.1) is 6.92 Å². The van der Waals surface area contributed by atoms with E-state index < -0.39 is 11.7 Å². The fourth-order valence-electron chi connectivity index (χ4n) is 3.75. The van der Waals surface area contributed by atoms with Crippen molar-refractivity contribution in [2.45, 2.75) is 39.3 Å². The Morgan fingerprint density at radius 1 is 1.09 bits per heavy atom. The van der Waals surface area contributed by atoms with E-state index >= 15 is 0 Å². The number of aromatic amines is 1. The maximum Gasteiger partial charge on any atom is 0.416 e. The zero-order valence-electron chi connectivity index (χ0n) is 18.5. The molecule has 7 heteroatoms. The summed E-state index contributed by atoms with van der Waals surface area (Å²) in [5.41, 5.74) is 8.27. The summed E-state index contributed by atoms with van der Waals surface area (Å²) in [6, 6.07) is 15.1. The number of hydrazone groups is 1. The van der Waals surface area contributed by atoms with Crippen molar-refractivity contribution in [3.8, 4) is 11.3 Å². The van der Waals surface area contributed by atoms with Crippen molar-refractivity contribution in [1.29, 1.82) is 0 Å². The minimum atomic E-state index is -4.37. The highest BCUT2D eigenvalue weighted by Gasteiger charge is 2.30. The highest BCUT2D eigenvalue weighted by Crippen LogP contribution is 2.34. The van der Waals surface area contributed by atoms with E-state index in [1.807, 2.05) is 25.1 Å². The summed E-state index contributed by atoms with van der Waals surface area (Å²) in [7, 11) is 0. The number of nitrogens with zero attached hydrogens (tertiary/aromatic N) is 2. The maximum atomic E-state index is 13.0. The van der Waals surface area contributed by atoms with Crippen LogP contribution in [0.3, 0.4) is 0 Å². The first-order valence-corrected chi connectivity index (χ1v) is 10.9. The number of rotatable bonds is 7. The second-order valence-corrected chi connectivity index (χ2v) is 7.98. The molecule has 33 heavy (non-hydrogen) atoms. The molecule has 170 valence electrons. The molecule has 0 fully saturated rings. The van der Waals surface area contributed by atoms with E-state index in [0.717, 1.165) is 64.9 Å². The Morgan fingerprint density at radius 3 is 2.58 bits per heavy atom. The average Bonchev–Trinajstić information content (AvgIpc) is 3.16. The summed E-state index contributed by atoms with van der Waals surface area (Å²) in [6.07, 6.45) is 2.21. The van der Waals surface area contributed by atoms with E-state index in [4.69, 9.17) is 0 Å². The molecule has 4 nitrogen and oxygen atoms in total. The number of halogens is 3. The topological polar surface area (TPSA) is 53.1 Å². The number of hydrogen-bond donors (Lipinski definition) is 2. The van der Waals surface area contributed by atoms with Gasteiger partial charge in [-0.05, 0) is 67.3 Å². The summed E-state index contributed by atoms with van der Waals surface area (Å²) in [6.45, 7) is 4.04. The number of pyridine rings is 1. The van der Waals surface area contributed by atoms with Crippen molar-refractivity contribution in [3.63, 3.8) is 0 Å². The molecule has 0 radical (unpaired) electrons. The quantitative estimate of drug-likeness (QED) is 0.228. The lowest BCUT2D eigenvalue weighted by Crippen LogP contribution is -2.04. The molecule has 4 aromatic rings. The Balaban J connectivity index is 1.76. The van der Waals surface area contributed by atoms with Crippen LogP contribution >= 0.6 is 0 Å². The van der Waals surface area contributed by atoms with Gasteiger partial charge in [0.25, 0.3) is 0 Å². The number of aromatic nitrogens is 2. The second kappa shape index (κ2) is 9.48. The Bertz CT molecular complexity index is 1270. The molecular formula is C26H25F3N4. The van der Waals surface area contributed by atoms with Crippen molar-refractivity contribution in [2.75, 3.05) is 5.43 Å². The van der Waals surface area contributed by atoms with Crippen LogP contribution in [0.4, 0.5) is 18.9 Å². The second-order valence-electron chi connectivity index (χ2n) is 7.98. The molecular weight excluding hydrogens is 425 g/mol. The maximum absolute atomic E-state index is 13.0. The summed E-state index contributed by atoms with van der Waals surface area (Å²) < 4.78 is 39.1. The highest BCUT2D eigenvalue weighted by atomic mass is 19.4. The molecule has 4 rings (SSSR count). The van der Waals surface area contributed by atoms with E-state index in [0.29, 0.717) is 5.56 Å². The summed E-state index contributed by atoms with van der Waals surface area (Å²) in [5, 5.41) is 5.39. The van der Waals surface area contributed by atoms with Gasteiger partial charge < -0.3 is 4.98 Å². The highest BCUT2D eigenvalue weighted by molar-refractivity contribution is 6.06. The van der Waals surface area contributed by atoms with Gasteiger partial charge in [-0.25, -0.2) is 0 Å². The molecule has 0 saturated heterocycles. The summed E-state index contributed by atoms with van der Waals surface area (Å²) in [4.78, 5) is 7.61. The van der Waals surface area contributed by atoms with Gasteiger partial charge in [-0.2, -0.15) is 18.3 Å². The number of alkyl halides is 3. The first kappa shape index (κ1) is 22.6. The molecule has 0 atom stereocenters. The van der Waals surface area contributed by atoms with Crippen molar-refractivity contribution in [2.24, 2.45) is 5.10 Å². The van der Waals surface area contributed by atoms with Gasteiger partial charge in [0, 0.05) is 22.7 Å². The third-order valence-corrected chi connectivity index (χ3v) is 5.61. The predicted octanol–water partition coefficient (Wildman–Crippen LogP) is 7.35. The zero-order valence-corrected chi connectivity index (χ0v) is 18.5. The Kier molecular flexibility index (Phi) is 6.49. The van der Waals surface area contributed by atoms with Crippen LogP contribution in [-0.2, 0) is 12.6 Å². The van der Waals surface area contributed by atoms with Crippen molar-refractivity contribution in [1.82, 2.24) is 9.97 Å². The molecule has 0 amide bonds. The normalized spacial score (nSPS) is 12.0. The molecule has 0 bridgehead atoms. The SMILES string of the molecule is CCCCc1ccc2[nH]c(-c3ccc(C(F)(F)F)cc3)c(C=NNc3cccnc3C)c2c1. The van der Waals surface area contributed by atoms with Gasteiger partial charge in [-0.15, -0.1) is 0 Å². The lowest BCUT2D eigenvalue weighted by molar-refractivity contribution is -0.137. The van der Waals surface area contributed by atoms with E-state index in [9.17, 15) is 13.2 Å². The van der Waals surface area contributed by atoms with Gasteiger partial charge in [-0.3, -0.25) is 10.4 Å². The zero-order chi connectivity index (χ0) is 23.4. The van der Waals surface area contributed by atoms with Crippen LogP contribution in [0.2, 0.25) is 0 Å². The molecule has 2 aromatic carbocycles. The molecule has 0 aliphatic rings. The molecule has 0 aliphatic heterocycles. The Morgan fingerprint density at radius 2 is 1.88 bits per heavy atom. The predicted molar refractivity (Wildman–Crippen MR) is 128 cm³/mol. The number of fused-ring (bicyclic) bond motifs is 1. The molecule has 0 aliphatic carbocycles. The van der Waals surface area contributed by atoms with E-state index in [1.165, 1.54) is 17.7 Å². The first-order valence-electron chi connectivity index (χ1n) is 10.9. The number of nitrogens with one attached hydrogen (secondary N) is 2. The fourth-order valence-corrected chi connectivity index (χ4v) is 3.75. The van der Waals surface area contributed by atoms with Crippen LogP contribution < -0.4 is 5.43 Å². The molecule has 2 N–H and O–H groups in total. The number of H-pyrrole nitrogens is 1. The van der Waals surface area contributed by atoms with Crippen molar-refractivity contribution >= 4 is 22.8 Å². The standard InChI is InChI=1S/C26H25F3N4/c1-3-4-6-18-8-13-24-21(15-18)22(16-31-33-23-7-5-14-30-17(23)2)25(32-24)19-9-11-20(12-10-19)26(27,28)29/h5,7-16,32-33H,3-4,6H2,1-2H3. The summed E-state index contributed by atoms with van der Waals surface area (Å²) in [5.74, 6) is 0. The number of anilines is 1. The monoisotopic (exact) mass is 450 g/mol. The van der Waals surface area contributed by atoms with E-state index in [-0.39, 0.29) is 0 Å². The van der Waals surface area contributed by atoms with Crippen LogP contribution in [-0.4, -0.2) is 16.2 Å². The number of benzene rings is 2. The minimum absolute atomic E-state index is 0.660. The average molecular weight is 451 g/mol. The van der Waals surface area contributed by atoms with E-state index in [1.54, 1.807) is 12.4 Å². The first-order chi connectivity index (χ1) is 15.9. The Labute approximate surface area is 190 Å². The number of aryl methyl sites for hydroxylation is 2. The molecule has 0 unspecified atom stereocenters. The number of hydrogen-bond acceptors (Lipinski definition) is 3. The van der Waals surface area contributed by atoms with E-state index in [2.05, 4.69) is 39.6 Å². The molecule has 0 spiro atoms. The molecule has 2 heterocycles. The lowest BCUT2D eigenvalue weighted by atomic mass is 10.0. The third kappa shape index (κ3) is 5.08. The minimum Gasteiger partial charge on any atom is -0.354 e. The van der Waals surface area contributed by atoms with Gasteiger partial charge >= 0.3 is 6.18 Å². The smallest absolute Gasteiger partial charge is 0.354 e. The number of unbranched alkanes of at least 4 members (excludes halogenated alkanes) is 1. The van der Waals surface area contributed by atoms with Crippen LogP contribution in [0.15, 0.2) is 65.9 Å². The summed E-state index contributed by atoms with van der Waals surface area (Å²) >= 11 is 0. The Hall–Kier alpha value is -3.61. The van der Waals surface area contributed by atoms with Crippen molar-refractivity contribution in [3.05, 3.63) is 83.2 Å². The van der Waals surface area contributed by atoms with Gasteiger partial charge in [0.1, 0.15) is 0 Å². The van der Waals surface area contributed by atoms with Crippen LogP contribution in [0.1, 0.15) is 42.1 Å².